The van der Waals surface area contributed by atoms with Gasteiger partial charge in [-0.3, -0.25) is 9.69 Å². The maximum absolute atomic E-state index is 12.4. The van der Waals surface area contributed by atoms with Crippen LogP contribution in [0.5, 0.6) is 5.75 Å². The Balaban J connectivity index is 1.38. The van der Waals surface area contributed by atoms with Gasteiger partial charge in [0.1, 0.15) is 11.9 Å². The van der Waals surface area contributed by atoms with E-state index in [0.29, 0.717) is 25.2 Å². The van der Waals surface area contributed by atoms with Crippen molar-refractivity contribution in [1.29, 1.82) is 0 Å². The molecule has 0 unspecified atom stereocenters. The number of rotatable bonds is 4. The van der Waals surface area contributed by atoms with Gasteiger partial charge in [-0.05, 0) is 29.8 Å². The van der Waals surface area contributed by atoms with Crippen LogP contribution in [0.3, 0.4) is 0 Å². The van der Waals surface area contributed by atoms with Crippen molar-refractivity contribution in [1.82, 2.24) is 10.6 Å². The molecular formula is C19H19N3O3. The van der Waals surface area contributed by atoms with Crippen molar-refractivity contribution in [2.24, 2.45) is 0 Å². The van der Waals surface area contributed by atoms with Crippen LogP contribution in [0.2, 0.25) is 0 Å². The fourth-order valence-corrected chi connectivity index (χ4v) is 3.21. The number of fused-ring (bicyclic) bond motifs is 1. The van der Waals surface area contributed by atoms with Crippen molar-refractivity contribution >= 4 is 17.6 Å². The molecule has 1 atom stereocenters. The summed E-state index contributed by atoms with van der Waals surface area (Å²) < 4.78 is 5.84. The van der Waals surface area contributed by atoms with Crippen molar-refractivity contribution in [3.05, 3.63) is 59.7 Å². The van der Waals surface area contributed by atoms with E-state index in [2.05, 4.69) is 10.6 Å². The molecule has 0 aromatic heterocycles. The van der Waals surface area contributed by atoms with Crippen molar-refractivity contribution in [2.45, 2.75) is 12.5 Å². The van der Waals surface area contributed by atoms with Gasteiger partial charge in [0.2, 0.25) is 0 Å². The number of benzene rings is 2. The molecule has 2 aliphatic rings. The van der Waals surface area contributed by atoms with Gasteiger partial charge < -0.3 is 15.4 Å². The molecule has 3 amide bonds. The van der Waals surface area contributed by atoms with Gasteiger partial charge in [0.05, 0.1) is 6.54 Å². The first-order valence-electron chi connectivity index (χ1n) is 8.39. The number of nitrogens with zero attached hydrogens (tertiary/aromatic N) is 1. The molecule has 0 radical (unpaired) electrons. The van der Waals surface area contributed by atoms with E-state index in [1.807, 2.05) is 30.3 Å². The SMILES string of the molecule is O=C(NC[C@H]1Cc2ccccc2O1)c1cccc(N2CCNC2=O)c1. The maximum Gasteiger partial charge on any atom is 0.321 e. The third-order valence-electron chi connectivity index (χ3n) is 4.48. The Kier molecular flexibility index (Phi) is 4.01. The summed E-state index contributed by atoms with van der Waals surface area (Å²) in [7, 11) is 0. The Morgan fingerprint density at radius 1 is 1.24 bits per heavy atom. The van der Waals surface area contributed by atoms with E-state index in [0.717, 1.165) is 17.9 Å². The van der Waals surface area contributed by atoms with Crippen LogP contribution in [0.25, 0.3) is 0 Å². The number of anilines is 1. The Morgan fingerprint density at radius 3 is 2.92 bits per heavy atom. The minimum atomic E-state index is -0.166. The molecule has 1 saturated heterocycles. The first-order chi connectivity index (χ1) is 12.2. The number of hydrogen-bond donors (Lipinski definition) is 2. The molecule has 4 rings (SSSR count). The summed E-state index contributed by atoms with van der Waals surface area (Å²) in [5.41, 5.74) is 2.43. The van der Waals surface area contributed by atoms with Crippen LogP contribution in [0.1, 0.15) is 15.9 Å². The summed E-state index contributed by atoms with van der Waals surface area (Å²) in [6.45, 7) is 1.68. The lowest BCUT2D eigenvalue weighted by Gasteiger charge is -2.16. The van der Waals surface area contributed by atoms with Crippen LogP contribution in [0.4, 0.5) is 10.5 Å². The quantitative estimate of drug-likeness (QED) is 0.896. The molecule has 0 spiro atoms. The summed E-state index contributed by atoms with van der Waals surface area (Å²) in [5, 5.41) is 5.68. The van der Waals surface area contributed by atoms with Crippen LogP contribution >= 0.6 is 0 Å². The van der Waals surface area contributed by atoms with Gasteiger partial charge in [0.15, 0.2) is 0 Å². The lowest BCUT2D eigenvalue weighted by Crippen LogP contribution is -2.34. The molecule has 25 heavy (non-hydrogen) atoms. The number of carbonyl (C=O) groups is 2. The number of ether oxygens (including phenoxy) is 1. The third-order valence-corrected chi connectivity index (χ3v) is 4.48. The van der Waals surface area contributed by atoms with Gasteiger partial charge >= 0.3 is 6.03 Å². The Bertz CT molecular complexity index is 796. The molecule has 2 heterocycles. The number of carbonyl (C=O) groups excluding carboxylic acids is 2. The zero-order chi connectivity index (χ0) is 17.2. The summed E-state index contributed by atoms with van der Waals surface area (Å²) in [6, 6.07) is 14.9. The summed E-state index contributed by atoms with van der Waals surface area (Å²) in [5.74, 6) is 0.727. The molecule has 2 aromatic carbocycles. The number of para-hydroxylation sites is 1. The number of nitrogens with one attached hydrogen (secondary N) is 2. The standard InChI is InChI=1S/C19H19N3O3/c23-18(21-12-16-11-13-4-1-2-7-17(13)25-16)14-5-3-6-15(10-14)22-9-8-20-19(22)24/h1-7,10,16H,8-9,11-12H2,(H,20,24)(H,21,23)/t16-/m1/s1. The Labute approximate surface area is 145 Å². The van der Waals surface area contributed by atoms with E-state index in [4.69, 9.17) is 4.74 Å². The van der Waals surface area contributed by atoms with Crippen LogP contribution < -0.4 is 20.3 Å². The molecule has 2 aromatic rings. The van der Waals surface area contributed by atoms with Gasteiger partial charge in [-0.15, -0.1) is 0 Å². The highest BCUT2D eigenvalue weighted by Gasteiger charge is 2.24. The zero-order valence-electron chi connectivity index (χ0n) is 13.7. The Morgan fingerprint density at radius 2 is 2.12 bits per heavy atom. The van der Waals surface area contributed by atoms with Crippen LogP contribution in [0.15, 0.2) is 48.5 Å². The van der Waals surface area contributed by atoms with Crippen LogP contribution in [-0.4, -0.2) is 37.7 Å². The van der Waals surface area contributed by atoms with Gasteiger partial charge in [0.25, 0.3) is 5.91 Å². The lowest BCUT2D eigenvalue weighted by atomic mass is 10.1. The first kappa shape index (κ1) is 15.5. The van der Waals surface area contributed by atoms with E-state index in [1.54, 1.807) is 23.1 Å². The monoisotopic (exact) mass is 337 g/mol. The smallest absolute Gasteiger partial charge is 0.321 e. The Hall–Kier alpha value is -3.02. The molecule has 6 heteroatoms. The average molecular weight is 337 g/mol. The average Bonchev–Trinajstić information content (AvgIpc) is 3.25. The largest absolute Gasteiger partial charge is 0.488 e. The minimum Gasteiger partial charge on any atom is -0.488 e. The molecule has 2 aliphatic heterocycles. The molecule has 2 N–H and O–H groups in total. The van der Waals surface area contributed by atoms with E-state index >= 15 is 0 Å². The molecule has 0 aliphatic carbocycles. The van der Waals surface area contributed by atoms with Crippen molar-refractivity contribution in [3.8, 4) is 5.75 Å². The van der Waals surface area contributed by atoms with Crippen molar-refractivity contribution in [2.75, 3.05) is 24.5 Å². The second-order valence-corrected chi connectivity index (χ2v) is 6.20. The van der Waals surface area contributed by atoms with Crippen molar-refractivity contribution < 1.29 is 14.3 Å². The molecule has 1 fully saturated rings. The van der Waals surface area contributed by atoms with Gasteiger partial charge in [-0.2, -0.15) is 0 Å². The van der Waals surface area contributed by atoms with Gasteiger partial charge in [-0.25, -0.2) is 4.79 Å². The summed E-state index contributed by atoms with van der Waals surface area (Å²) in [6.07, 6.45) is 0.749. The third kappa shape index (κ3) is 3.15. The van der Waals surface area contributed by atoms with E-state index in [-0.39, 0.29) is 18.0 Å². The highest BCUT2D eigenvalue weighted by molar-refractivity contribution is 5.98. The molecule has 6 nitrogen and oxygen atoms in total. The highest BCUT2D eigenvalue weighted by atomic mass is 16.5. The maximum atomic E-state index is 12.4. The number of urea groups is 1. The normalized spacial score (nSPS) is 18.5. The molecule has 0 bridgehead atoms. The minimum absolute atomic E-state index is 0.0473. The van der Waals surface area contributed by atoms with Crippen LogP contribution in [-0.2, 0) is 6.42 Å². The number of amides is 3. The zero-order valence-corrected chi connectivity index (χ0v) is 13.7. The second kappa shape index (κ2) is 6.47. The number of hydrogen-bond acceptors (Lipinski definition) is 3. The molecule has 128 valence electrons. The topological polar surface area (TPSA) is 70.7 Å². The molecule has 0 saturated carbocycles. The van der Waals surface area contributed by atoms with E-state index < -0.39 is 0 Å². The van der Waals surface area contributed by atoms with Gasteiger partial charge in [0, 0.05) is 30.8 Å². The van der Waals surface area contributed by atoms with Gasteiger partial charge in [-0.1, -0.05) is 24.3 Å². The van der Waals surface area contributed by atoms with Crippen molar-refractivity contribution in [3.63, 3.8) is 0 Å². The van der Waals surface area contributed by atoms with E-state index in [1.165, 1.54) is 5.56 Å². The summed E-state index contributed by atoms with van der Waals surface area (Å²) in [4.78, 5) is 25.8. The van der Waals surface area contributed by atoms with Crippen LogP contribution in [0, 0.1) is 0 Å². The predicted octanol–water partition coefficient (Wildman–Crippen LogP) is 1.95. The summed E-state index contributed by atoms with van der Waals surface area (Å²) >= 11 is 0. The van der Waals surface area contributed by atoms with E-state index in [9.17, 15) is 9.59 Å². The molecular weight excluding hydrogens is 318 g/mol. The first-order valence-corrected chi connectivity index (χ1v) is 8.39. The highest BCUT2D eigenvalue weighted by Crippen LogP contribution is 2.27. The predicted molar refractivity (Wildman–Crippen MR) is 94.1 cm³/mol. The fourth-order valence-electron chi connectivity index (χ4n) is 3.21. The second-order valence-electron chi connectivity index (χ2n) is 6.20. The lowest BCUT2D eigenvalue weighted by molar-refractivity contribution is 0.0933. The fraction of sp³-hybridized carbons (Fsp3) is 0.263.